The van der Waals surface area contributed by atoms with E-state index in [4.69, 9.17) is 17.3 Å². The summed E-state index contributed by atoms with van der Waals surface area (Å²) in [5.74, 6) is 0. The predicted molar refractivity (Wildman–Crippen MR) is 60.6 cm³/mol. The lowest BCUT2D eigenvalue weighted by molar-refractivity contribution is 0.248. The molecule has 1 rings (SSSR count). The van der Waals surface area contributed by atoms with Gasteiger partial charge in [0.05, 0.1) is 5.69 Å². The van der Waals surface area contributed by atoms with E-state index < -0.39 is 16.1 Å². The van der Waals surface area contributed by atoms with E-state index in [0.29, 0.717) is 0 Å². The molecule has 0 bridgehead atoms. The van der Waals surface area contributed by atoms with E-state index in [2.05, 4.69) is 5.32 Å². The first kappa shape index (κ1) is 12.6. The maximum atomic E-state index is 11.7. The van der Waals surface area contributed by atoms with Crippen molar-refractivity contribution in [3.8, 4) is 0 Å². The van der Waals surface area contributed by atoms with Crippen LogP contribution in [0.25, 0.3) is 0 Å². The summed E-state index contributed by atoms with van der Waals surface area (Å²) in [5.41, 5.74) is 5.50. The molecule has 0 unspecified atom stereocenters. The molecule has 0 fully saturated rings. The van der Waals surface area contributed by atoms with Crippen molar-refractivity contribution in [3.05, 3.63) is 23.2 Å². The maximum absolute atomic E-state index is 11.7. The molecule has 0 radical (unpaired) electrons. The molecule has 2 amide bonds. The van der Waals surface area contributed by atoms with E-state index in [9.17, 15) is 13.2 Å². The average molecular weight is 264 g/mol. The topological polar surface area (TPSA) is 101 Å². The zero-order chi connectivity index (χ0) is 12.3. The van der Waals surface area contributed by atoms with Gasteiger partial charge in [0.15, 0.2) is 0 Å². The van der Waals surface area contributed by atoms with Gasteiger partial charge in [-0.25, -0.2) is 17.9 Å². The zero-order valence-corrected chi connectivity index (χ0v) is 9.89. The summed E-state index contributed by atoms with van der Waals surface area (Å²) in [6.07, 6.45) is 0. The minimum Gasteiger partial charge on any atom is -0.398 e. The van der Waals surface area contributed by atoms with Gasteiger partial charge in [-0.1, -0.05) is 11.6 Å². The lowest BCUT2D eigenvalue weighted by Crippen LogP contribution is -2.37. The van der Waals surface area contributed by atoms with E-state index in [1.807, 2.05) is 0 Å². The number of carbonyl (C=O) groups excluding carboxylic acids is 1. The molecular formula is C8H10ClN3O3S. The molecular weight excluding hydrogens is 254 g/mol. The number of urea groups is 1. The Morgan fingerprint density at radius 3 is 2.62 bits per heavy atom. The molecule has 4 N–H and O–H groups in total. The molecule has 0 saturated carbocycles. The lowest BCUT2D eigenvalue weighted by atomic mass is 10.3. The predicted octanol–water partition coefficient (Wildman–Crippen LogP) is 0.540. The summed E-state index contributed by atoms with van der Waals surface area (Å²) < 4.78 is 25.1. The van der Waals surface area contributed by atoms with Crippen LogP contribution in [0.4, 0.5) is 10.5 Å². The number of rotatable bonds is 2. The molecule has 0 spiro atoms. The fourth-order valence-electron chi connectivity index (χ4n) is 0.969. The fraction of sp³-hybridized carbons (Fsp3) is 0.125. The van der Waals surface area contributed by atoms with E-state index in [0.717, 1.165) is 0 Å². The second-order valence-electron chi connectivity index (χ2n) is 2.87. The van der Waals surface area contributed by atoms with Crippen LogP contribution in [0, 0.1) is 0 Å². The van der Waals surface area contributed by atoms with Crippen LogP contribution in [0.15, 0.2) is 23.1 Å². The van der Waals surface area contributed by atoms with Crippen LogP contribution in [-0.4, -0.2) is 21.5 Å². The van der Waals surface area contributed by atoms with Gasteiger partial charge >= 0.3 is 6.03 Å². The number of nitrogen functional groups attached to an aromatic ring is 1. The third-order valence-electron chi connectivity index (χ3n) is 1.72. The van der Waals surface area contributed by atoms with Gasteiger partial charge in [0, 0.05) is 12.1 Å². The van der Waals surface area contributed by atoms with Crippen LogP contribution >= 0.6 is 11.6 Å². The highest BCUT2D eigenvalue weighted by Gasteiger charge is 2.19. The van der Waals surface area contributed by atoms with E-state index in [-0.39, 0.29) is 15.6 Å². The second kappa shape index (κ2) is 4.58. The van der Waals surface area contributed by atoms with Crippen molar-refractivity contribution in [2.45, 2.75) is 4.90 Å². The highest BCUT2D eigenvalue weighted by Crippen LogP contribution is 2.22. The Kier molecular flexibility index (Phi) is 3.61. The highest BCUT2D eigenvalue weighted by molar-refractivity contribution is 7.90. The van der Waals surface area contributed by atoms with Gasteiger partial charge in [-0.05, 0) is 18.2 Å². The quantitative estimate of drug-likeness (QED) is 0.678. The number of anilines is 1. The van der Waals surface area contributed by atoms with Crippen LogP contribution in [0.2, 0.25) is 5.02 Å². The largest absolute Gasteiger partial charge is 0.398 e. The van der Waals surface area contributed by atoms with Gasteiger partial charge in [0.2, 0.25) is 0 Å². The van der Waals surface area contributed by atoms with Crippen molar-refractivity contribution >= 4 is 33.3 Å². The molecule has 0 saturated heterocycles. The molecule has 1 aromatic rings. The van der Waals surface area contributed by atoms with Gasteiger partial charge in [0.1, 0.15) is 4.90 Å². The molecule has 0 heterocycles. The SMILES string of the molecule is CNC(=O)NS(=O)(=O)c1cc(Cl)ccc1N. The number of hydrogen-bond acceptors (Lipinski definition) is 4. The molecule has 0 aromatic heterocycles. The van der Waals surface area contributed by atoms with Crippen molar-refractivity contribution in [3.63, 3.8) is 0 Å². The third-order valence-corrected chi connectivity index (χ3v) is 3.34. The number of carbonyl (C=O) groups is 1. The standard InChI is InChI=1S/C8H10ClN3O3S/c1-11-8(13)12-16(14,15)7-4-5(9)2-3-6(7)10/h2-4H,10H2,1H3,(H2,11,12,13). The Bertz CT molecular complexity index is 515. The number of nitrogens with one attached hydrogen (secondary N) is 2. The van der Waals surface area contributed by atoms with Crippen LogP contribution in [0.5, 0.6) is 0 Å². The van der Waals surface area contributed by atoms with Crippen molar-refractivity contribution in [1.29, 1.82) is 0 Å². The van der Waals surface area contributed by atoms with Crippen molar-refractivity contribution in [2.75, 3.05) is 12.8 Å². The minimum atomic E-state index is -4.00. The number of sulfonamides is 1. The van der Waals surface area contributed by atoms with Crippen LogP contribution in [0.3, 0.4) is 0 Å². The Labute approximate surface area is 97.8 Å². The first-order valence-electron chi connectivity index (χ1n) is 4.16. The van der Waals surface area contributed by atoms with Gasteiger partial charge in [-0.2, -0.15) is 0 Å². The first-order valence-corrected chi connectivity index (χ1v) is 6.02. The Morgan fingerprint density at radius 2 is 2.06 bits per heavy atom. The summed E-state index contributed by atoms with van der Waals surface area (Å²) in [6.45, 7) is 0. The van der Waals surface area contributed by atoms with Gasteiger partial charge in [-0.3, -0.25) is 0 Å². The summed E-state index contributed by atoms with van der Waals surface area (Å²) >= 11 is 5.64. The summed E-state index contributed by atoms with van der Waals surface area (Å²) in [4.78, 5) is 10.7. The van der Waals surface area contributed by atoms with E-state index >= 15 is 0 Å². The monoisotopic (exact) mass is 263 g/mol. The van der Waals surface area contributed by atoms with Crippen LogP contribution in [-0.2, 0) is 10.0 Å². The van der Waals surface area contributed by atoms with Crippen molar-refractivity contribution in [1.82, 2.24) is 10.0 Å². The van der Waals surface area contributed by atoms with Crippen LogP contribution < -0.4 is 15.8 Å². The number of halogens is 1. The smallest absolute Gasteiger partial charge is 0.328 e. The Hall–Kier alpha value is -1.47. The Morgan fingerprint density at radius 1 is 1.44 bits per heavy atom. The molecule has 0 aliphatic carbocycles. The lowest BCUT2D eigenvalue weighted by Gasteiger charge is -2.08. The summed E-state index contributed by atoms with van der Waals surface area (Å²) in [7, 11) is -2.70. The molecule has 0 aliphatic rings. The highest BCUT2D eigenvalue weighted by atomic mass is 35.5. The molecule has 16 heavy (non-hydrogen) atoms. The average Bonchev–Trinajstić information content (AvgIpc) is 2.20. The zero-order valence-electron chi connectivity index (χ0n) is 8.32. The van der Waals surface area contributed by atoms with Gasteiger partial charge < -0.3 is 11.1 Å². The normalized spacial score (nSPS) is 10.9. The molecule has 0 atom stereocenters. The van der Waals surface area contributed by atoms with Crippen molar-refractivity contribution in [2.24, 2.45) is 0 Å². The van der Waals surface area contributed by atoms with E-state index in [1.54, 1.807) is 4.72 Å². The molecule has 6 nitrogen and oxygen atoms in total. The number of nitrogens with two attached hydrogens (primary N) is 1. The maximum Gasteiger partial charge on any atom is 0.328 e. The molecule has 1 aromatic carbocycles. The molecule has 0 aliphatic heterocycles. The molecule has 88 valence electrons. The van der Waals surface area contributed by atoms with Gasteiger partial charge in [-0.15, -0.1) is 0 Å². The second-order valence-corrected chi connectivity index (χ2v) is 4.95. The van der Waals surface area contributed by atoms with Gasteiger partial charge in [0.25, 0.3) is 10.0 Å². The minimum absolute atomic E-state index is 0.0146. The number of amides is 2. The summed E-state index contributed by atoms with van der Waals surface area (Å²) in [5, 5.41) is 2.34. The third kappa shape index (κ3) is 2.77. The fourth-order valence-corrected chi connectivity index (χ4v) is 2.32. The number of benzene rings is 1. The van der Waals surface area contributed by atoms with E-state index in [1.165, 1.54) is 25.2 Å². The van der Waals surface area contributed by atoms with Crippen molar-refractivity contribution < 1.29 is 13.2 Å². The molecule has 8 heteroatoms. The van der Waals surface area contributed by atoms with Crippen LogP contribution in [0.1, 0.15) is 0 Å². The Balaban J connectivity index is 3.17. The first-order chi connectivity index (χ1) is 7.36. The number of hydrogen-bond donors (Lipinski definition) is 3. The summed E-state index contributed by atoms with van der Waals surface area (Å²) in [6, 6.07) is 3.12.